The molecule has 0 unspecified atom stereocenters. The zero-order chi connectivity index (χ0) is 12.5. The number of rotatable bonds is 2. The summed E-state index contributed by atoms with van der Waals surface area (Å²) in [7, 11) is -4.19. The van der Waals surface area contributed by atoms with E-state index in [9.17, 15) is 13.0 Å². The topological polar surface area (TPSA) is 66.7 Å². The minimum absolute atomic E-state index is 0.0295. The van der Waals surface area contributed by atoms with Gasteiger partial charge in [-0.25, -0.2) is 0 Å². The Bertz CT molecular complexity index is 561. The predicted molar refractivity (Wildman–Crippen MR) is 66.2 cm³/mol. The minimum Gasteiger partial charge on any atom is -0.289 e. The van der Waals surface area contributed by atoms with Crippen LogP contribution in [0.3, 0.4) is 0 Å². The highest BCUT2D eigenvalue weighted by atomic mass is 32.2. The Morgan fingerprint density at radius 1 is 1.29 bits per heavy atom. The molecule has 1 aliphatic rings. The van der Waals surface area contributed by atoms with Crippen LogP contribution >= 0.6 is 0 Å². The second kappa shape index (κ2) is 4.58. The van der Waals surface area contributed by atoms with E-state index in [-0.39, 0.29) is 4.90 Å². The number of hydrogen-bond acceptors (Lipinski definition) is 3. The van der Waals surface area contributed by atoms with Crippen molar-refractivity contribution >= 4 is 15.8 Å². The summed E-state index contributed by atoms with van der Waals surface area (Å²) in [6, 6.07) is 4.89. The van der Waals surface area contributed by atoms with Gasteiger partial charge in [-0.2, -0.15) is 8.42 Å². The summed E-state index contributed by atoms with van der Waals surface area (Å²) in [5.41, 5.74) is 2.21. The van der Waals surface area contributed by atoms with Crippen molar-refractivity contribution in [3.8, 4) is 0 Å². The lowest BCUT2D eigenvalue weighted by Crippen LogP contribution is -2.14. The average molecular weight is 253 g/mol. The summed E-state index contributed by atoms with van der Waals surface area (Å²) < 4.78 is 31.9. The fourth-order valence-electron chi connectivity index (χ4n) is 2.13. The van der Waals surface area contributed by atoms with Gasteiger partial charge < -0.3 is 0 Å². The van der Waals surface area contributed by atoms with Crippen molar-refractivity contribution in [3.63, 3.8) is 0 Å². The van der Waals surface area contributed by atoms with Crippen LogP contribution in [0.15, 0.2) is 28.1 Å². The maximum Gasteiger partial charge on any atom is 0.295 e. The molecule has 1 heterocycles. The van der Waals surface area contributed by atoms with E-state index in [1.165, 1.54) is 6.07 Å². The predicted octanol–water partition coefficient (Wildman–Crippen LogP) is 2.21. The van der Waals surface area contributed by atoms with Gasteiger partial charge in [-0.1, -0.05) is 12.1 Å². The molecule has 0 fully saturated rings. The van der Waals surface area contributed by atoms with Crippen LogP contribution in [-0.2, 0) is 10.1 Å². The van der Waals surface area contributed by atoms with Crippen molar-refractivity contribution in [2.24, 2.45) is 4.99 Å². The highest BCUT2D eigenvalue weighted by Gasteiger charge is 2.21. The largest absolute Gasteiger partial charge is 0.295 e. The van der Waals surface area contributed by atoms with Crippen LogP contribution in [0.5, 0.6) is 0 Å². The molecule has 0 aliphatic carbocycles. The molecule has 5 heteroatoms. The minimum atomic E-state index is -4.19. The Hall–Kier alpha value is -1.20. The highest BCUT2D eigenvalue weighted by Crippen LogP contribution is 2.24. The molecule has 0 saturated carbocycles. The van der Waals surface area contributed by atoms with Gasteiger partial charge in [0.15, 0.2) is 0 Å². The molecule has 0 bridgehead atoms. The maximum atomic E-state index is 11.3. The number of aryl methyl sites for hydroxylation is 1. The van der Waals surface area contributed by atoms with Gasteiger partial charge in [0.1, 0.15) is 4.90 Å². The van der Waals surface area contributed by atoms with Crippen LogP contribution in [0.2, 0.25) is 0 Å². The van der Waals surface area contributed by atoms with E-state index in [1.807, 2.05) is 13.0 Å². The van der Waals surface area contributed by atoms with Gasteiger partial charge in [-0.05, 0) is 37.8 Å². The van der Waals surface area contributed by atoms with Crippen LogP contribution < -0.4 is 0 Å². The molecule has 0 amide bonds. The molecular formula is C12H15NO3S. The standard InChI is InChI=1S/C12H15NO3S/c1-9-5-4-7-11(17(14,15)16)12(9)10-6-2-3-8-13-10/h4-5,7H,2-3,6,8H2,1H3,(H,14,15,16). The molecule has 1 aromatic rings. The summed E-state index contributed by atoms with van der Waals surface area (Å²) in [5, 5.41) is 0. The molecule has 17 heavy (non-hydrogen) atoms. The van der Waals surface area contributed by atoms with E-state index in [2.05, 4.69) is 4.99 Å². The van der Waals surface area contributed by atoms with Gasteiger partial charge in [-0.15, -0.1) is 0 Å². The molecule has 0 saturated heterocycles. The quantitative estimate of drug-likeness (QED) is 0.822. The molecule has 0 spiro atoms. The van der Waals surface area contributed by atoms with Crippen LogP contribution in [0, 0.1) is 6.92 Å². The zero-order valence-electron chi connectivity index (χ0n) is 9.68. The summed E-state index contributed by atoms with van der Waals surface area (Å²) >= 11 is 0. The van der Waals surface area contributed by atoms with Gasteiger partial charge in [0.2, 0.25) is 0 Å². The van der Waals surface area contributed by atoms with E-state index >= 15 is 0 Å². The Morgan fingerprint density at radius 2 is 2.06 bits per heavy atom. The van der Waals surface area contributed by atoms with Crippen molar-refractivity contribution < 1.29 is 13.0 Å². The molecule has 4 nitrogen and oxygen atoms in total. The lowest BCUT2D eigenvalue weighted by Gasteiger charge is -2.16. The molecule has 92 valence electrons. The van der Waals surface area contributed by atoms with Crippen molar-refractivity contribution in [1.29, 1.82) is 0 Å². The molecule has 0 radical (unpaired) electrons. The molecule has 1 N–H and O–H groups in total. The van der Waals surface area contributed by atoms with Crippen LogP contribution in [0.25, 0.3) is 0 Å². The van der Waals surface area contributed by atoms with Gasteiger partial charge >= 0.3 is 0 Å². The lowest BCUT2D eigenvalue weighted by atomic mass is 9.98. The van der Waals surface area contributed by atoms with Crippen LogP contribution in [0.4, 0.5) is 0 Å². The molecule has 0 aromatic heterocycles. The van der Waals surface area contributed by atoms with E-state index in [1.54, 1.807) is 6.07 Å². The SMILES string of the molecule is Cc1cccc(S(=O)(=O)O)c1C1=NCCCC1. The summed E-state index contributed by atoms with van der Waals surface area (Å²) in [5.74, 6) is 0. The zero-order valence-corrected chi connectivity index (χ0v) is 10.5. The second-order valence-corrected chi connectivity index (χ2v) is 5.60. The van der Waals surface area contributed by atoms with Crippen molar-refractivity contribution in [2.75, 3.05) is 6.54 Å². The third kappa shape index (κ3) is 2.56. The van der Waals surface area contributed by atoms with Crippen molar-refractivity contribution in [1.82, 2.24) is 0 Å². The Morgan fingerprint density at radius 3 is 2.65 bits per heavy atom. The first-order chi connectivity index (χ1) is 8.00. The maximum absolute atomic E-state index is 11.3. The van der Waals surface area contributed by atoms with Gasteiger partial charge in [0, 0.05) is 17.8 Å². The molecule has 2 rings (SSSR count). The monoisotopic (exact) mass is 253 g/mol. The smallest absolute Gasteiger partial charge is 0.289 e. The third-order valence-corrected chi connectivity index (χ3v) is 3.82. The Balaban J connectivity index is 2.63. The summed E-state index contributed by atoms with van der Waals surface area (Å²) in [4.78, 5) is 4.35. The Labute approximate surface area is 101 Å². The van der Waals surface area contributed by atoms with Gasteiger partial charge in [-0.3, -0.25) is 9.55 Å². The van der Waals surface area contributed by atoms with Crippen LogP contribution in [-0.4, -0.2) is 25.2 Å². The van der Waals surface area contributed by atoms with E-state index in [4.69, 9.17) is 0 Å². The second-order valence-electron chi connectivity index (χ2n) is 4.21. The first-order valence-electron chi connectivity index (χ1n) is 5.61. The molecular weight excluding hydrogens is 238 g/mol. The van der Waals surface area contributed by atoms with Gasteiger partial charge in [0.25, 0.3) is 10.1 Å². The number of aliphatic imine (C=N–C) groups is 1. The number of benzene rings is 1. The lowest BCUT2D eigenvalue weighted by molar-refractivity contribution is 0.483. The fourth-order valence-corrected chi connectivity index (χ4v) is 2.91. The number of hydrogen-bond donors (Lipinski definition) is 1. The fraction of sp³-hybridized carbons (Fsp3) is 0.417. The van der Waals surface area contributed by atoms with E-state index in [0.717, 1.165) is 37.1 Å². The summed E-state index contributed by atoms with van der Waals surface area (Å²) in [6.07, 6.45) is 2.82. The molecule has 1 aliphatic heterocycles. The first kappa shape index (κ1) is 12.3. The average Bonchev–Trinajstić information content (AvgIpc) is 2.28. The third-order valence-electron chi connectivity index (χ3n) is 2.93. The first-order valence-corrected chi connectivity index (χ1v) is 7.05. The Kier molecular flexibility index (Phi) is 3.31. The molecule has 0 atom stereocenters. The van der Waals surface area contributed by atoms with Gasteiger partial charge in [0.05, 0.1) is 0 Å². The van der Waals surface area contributed by atoms with E-state index in [0.29, 0.717) is 5.56 Å². The van der Waals surface area contributed by atoms with E-state index < -0.39 is 10.1 Å². The highest BCUT2D eigenvalue weighted by molar-refractivity contribution is 7.86. The van der Waals surface area contributed by atoms with Crippen LogP contribution in [0.1, 0.15) is 30.4 Å². The number of nitrogens with zero attached hydrogens (tertiary/aromatic N) is 1. The van der Waals surface area contributed by atoms with Crippen molar-refractivity contribution in [2.45, 2.75) is 31.1 Å². The normalized spacial score (nSPS) is 16.7. The van der Waals surface area contributed by atoms with Crippen molar-refractivity contribution in [3.05, 3.63) is 29.3 Å². The molecule has 1 aromatic carbocycles. The summed E-state index contributed by atoms with van der Waals surface area (Å²) in [6.45, 7) is 2.57.